The summed E-state index contributed by atoms with van der Waals surface area (Å²) in [6, 6.07) is 14.3. The number of alkyl halides is 5. The van der Waals surface area contributed by atoms with Gasteiger partial charge >= 0.3 is 6.36 Å². The minimum atomic E-state index is -4.79. The summed E-state index contributed by atoms with van der Waals surface area (Å²) in [5.74, 6) is 0.394. The molecule has 0 unspecified atom stereocenters. The fourth-order valence-electron chi connectivity index (χ4n) is 6.10. The van der Waals surface area contributed by atoms with Crippen LogP contribution in [-0.2, 0) is 4.79 Å². The Labute approximate surface area is 261 Å². The predicted octanol–water partition coefficient (Wildman–Crippen LogP) is 9.67. The zero-order valence-corrected chi connectivity index (χ0v) is 25.5. The van der Waals surface area contributed by atoms with E-state index in [0.29, 0.717) is 28.8 Å². The van der Waals surface area contributed by atoms with Gasteiger partial charge in [-0.15, -0.1) is 13.2 Å². The number of aromatic nitrogens is 2. The van der Waals surface area contributed by atoms with Gasteiger partial charge in [-0.25, -0.2) is 13.8 Å². The van der Waals surface area contributed by atoms with E-state index < -0.39 is 25.3 Å². The van der Waals surface area contributed by atoms with Gasteiger partial charge in [0.05, 0.1) is 21.7 Å². The summed E-state index contributed by atoms with van der Waals surface area (Å²) in [6.07, 6.45) is -4.62. The second kappa shape index (κ2) is 12.7. The molecule has 3 aromatic carbocycles. The van der Waals surface area contributed by atoms with E-state index in [2.05, 4.69) is 40.7 Å². The van der Waals surface area contributed by atoms with Gasteiger partial charge in [-0.2, -0.15) is 0 Å². The maximum atomic E-state index is 13.1. The Hall–Kier alpha value is -4.06. The lowest BCUT2D eigenvalue weighted by molar-refractivity contribution is -0.274. The van der Waals surface area contributed by atoms with E-state index in [1.54, 1.807) is 12.1 Å². The molecule has 45 heavy (non-hydrogen) atoms. The number of rotatable bonds is 9. The molecule has 7 nitrogen and oxygen atoms in total. The lowest BCUT2D eigenvalue weighted by Crippen LogP contribution is -2.29. The van der Waals surface area contributed by atoms with Crippen LogP contribution in [0.1, 0.15) is 58.1 Å². The monoisotopic (exact) mass is 650 g/mol. The van der Waals surface area contributed by atoms with Crippen molar-refractivity contribution < 1.29 is 36.2 Å². The van der Waals surface area contributed by atoms with Crippen LogP contribution >= 0.6 is 11.6 Å². The molecule has 1 fully saturated rings. The number of carbonyl (C=O) groups is 1. The van der Waals surface area contributed by atoms with Crippen molar-refractivity contribution in [3.63, 3.8) is 0 Å². The molecule has 1 amide bonds. The number of halogens is 6. The van der Waals surface area contributed by atoms with Crippen molar-refractivity contribution in [2.24, 2.45) is 11.3 Å². The molecule has 13 heteroatoms. The van der Waals surface area contributed by atoms with Crippen molar-refractivity contribution in [3.8, 4) is 11.5 Å². The lowest BCUT2D eigenvalue weighted by atomic mass is 9.70. The number of carbonyl (C=O) groups excluding carboxylic acids is 1. The number of ether oxygens (including phenoxy) is 2. The van der Waals surface area contributed by atoms with E-state index in [4.69, 9.17) is 21.3 Å². The first-order chi connectivity index (χ1) is 21.2. The van der Waals surface area contributed by atoms with Crippen molar-refractivity contribution in [1.29, 1.82) is 0 Å². The number of hydrogen-bond donors (Lipinski definition) is 2. The van der Waals surface area contributed by atoms with Crippen LogP contribution in [0.15, 0.2) is 60.7 Å². The number of nitrogens with one attached hydrogen (secondary N) is 2. The fourth-order valence-corrected chi connectivity index (χ4v) is 6.26. The van der Waals surface area contributed by atoms with E-state index in [-0.39, 0.29) is 33.5 Å². The normalized spacial score (nSPS) is 18.2. The van der Waals surface area contributed by atoms with Crippen LogP contribution in [0.25, 0.3) is 11.0 Å². The molecule has 1 aromatic heterocycles. The average Bonchev–Trinajstić information content (AvgIpc) is 3.29. The smallest absolute Gasteiger partial charge is 0.484 e. The molecule has 2 atom stereocenters. The predicted molar refractivity (Wildman–Crippen MR) is 163 cm³/mol. The Morgan fingerprint density at radius 1 is 1.07 bits per heavy atom. The molecule has 1 aliphatic rings. The summed E-state index contributed by atoms with van der Waals surface area (Å²) in [4.78, 5) is 17.4. The van der Waals surface area contributed by atoms with Gasteiger partial charge in [-0.05, 0) is 79.1 Å². The zero-order valence-electron chi connectivity index (χ0n) is 24.7. The van der Waals surface area contributed by atoms with Crippen LogP contribution in [0.5, 0.6) is 11.5 Å². The van der Waals surface area contributed by atoms with Crippen LogP contribution in [0.2, 0.25) is 5.02 Å². The highest BCUT2D eigenvalue weighted by atomic mass is 35.5. The summed E-state index contributed by atoms with van der Waals surface area (Å²) in [6.45, 7) is 6.27. The molecule has 1 aliphatic carbocycles. The number of amides is 1. The third-order valence-electron chi connectivity index (χ3n) is 7.62. The maximum absolute atomic E-state index is 13.1. The fraction of sp³-hybridized carbons (Fsp3) is 0.375. The molecule has 2 N–H and O–H groups in total. The number of hydrogen-bond acceptors (Lipinski definition) is 5. The summed E-state index contributed by atoms with van der Waals surface area (Å²) in [5.41, 5.74) is 1.78. The summed E-state index contributed by atoms with van der Waals surface area (Å²) in [7, 11) is 0. The summed E-state index contributed by atoms with van der Waals surface area (Å²) >= 11 is 6.06. The molecule has 240 valence electrons. The number of imidazole rings is 1. The van der Waals surface area contributed by atoms with Crippen molar-refractivity contribution in [2.45, 2.75) is 58.9 Å². The van der Waals surface area contributed by atoms with Gasteiger partial charge in [0.15, 0.2) is 6.61 Å². The van der Waals surface area contributed by atoms with Crippen LogP contribution < -0.4 is 20.1 Å². The molecule has 1 saturated carbocycles. The highest BCUT2D eigenvalue weighted by Gasteiger charge is 2.35. The Morgan fingerprint density at radius 3 is 2.44 bits per heavy atom. The Morgan fingerprint density at radius 2 is 1.78 bits per heavy atom. The first kappa shape index (κ1) is 32.3. The summed E-state index contributed by atoms with van der Waals surface area (Å²) in [5, 5.41) is 5.86. The molecule has 5 rings (SSSR count). The lowest BCUT2D eigenvalue weighted by Gasteiger charge is -2.40. The first-order valence-corrected chi connectivity index (χ1v) is 14.7. The molecular formula is C32H32ClF5N4O3. The Balaban J connectivity index is 1.38. The number of anilines is 3. The van der Waals surface area contributed by atoms with Crippen LogP contribution in [0, 0.1) is 11.3 Å². The highest BCUT2D eigenvalue weighted by molar-refractivity contribution is 6.33. The van der Waals surface area contributed by atoms with E-state index >= 15 is 0 Å². The third-order valence-corrected chi connectivity index (χ3v) is 7.95. The van der Waals surface area contributed by atoms with Crippen LogP contribution in [-0.4, -0.2) is 28.4 Å². The van der Waals surface area contributed by atoms with Crippen molar-refractivity contribution in [2.75, 3.05) is 17.2 Å². The first-order valence-electron chi connectivity index (χ1n) is 14.3. The molecule has 0 radical (unpaired) electrons. The molecule has 4 aromatic rings. The minimum absolute atomic E-state index is 0.0515. The molecule has 0 aliphatic heterocycles. The second-order valence-corrected chi connectivity index (χ2v) is 12.5. The van der Waals surface area contributed by atoms with Gasteiger partial charge in [-0.1, -0.05) is 38.4 Å². The van der Waals surface area contributed by atoms with E-state index in [1.807, 2.05) is 6.07 Å². The summed E-state index contributed by atoms with van der Waals surface area (Å²) < 4.78 is 75.9. The van der Waals surface area contributed by atoms with Gasteiger partial charge in [0, 0.05) is 23.4 Å². The van der Waals surface area contributed by atoms with Crippen molar-refractivity contribution >= 4 is 45.9 Å². The van der Waals surface area contributed by atoms with Crippen LogP contribution in [0.3, 0.4) is 0 Å². The van der Waals surface area contributed by atoms with Gasteiger partial charge < -0.3 is 24.7 Å². The van der Waals surface area contributed by atoms with E-state index in [1.165, 1.54) is 36.4 Å². The Kier molecular flexibility index (Phi) is 9.16. The van der Waals surface area contributed by atoms with Crippen LogP contribution in [0.4, 0.5) is 39.3 Å². The topological polar surface area (TPSA) is 77.4 Å². The van der Waals surface area contributed by atoms with E-state index in [0.717, 1.165) is 30.8 Å². The second-order valence-electron chi connectivity index (χ2n) is 12.1. The third kappa shape index (κ3) is 8.16. The minimum Gasteiger partial charge on any atom is -0.484 e. The number of fused-ring (bicyclic) bond motifs is 1. The van der Waals surface area contributed by atoms with Gasteiger partial charge in [0.25, 0.3) is 12.3 Å². The SMILES string of the molecule is C[C@@H]1C[C@H](n2c(Nc3ccc(OC(F)(F)F)cc3)nc3cc(OCC(=O)Nc4cc(C(F)F)ccc4Cl)ccc32)CC(C)(C)C1. The molecule has 0 saturated heterocycles. The maximum Gasteiger partial charge on any atom is 0.573 e. The van der Waals surface area contributed by atoms with Gasteiger partial charge in [-0.3, -0.25) is 4.79 Å². The molecule has 1 heterocycles. The quantitative estimate of drug-likeness (QED) is 0.176. The van der Waals surface area contributed by atoms with Crippen molar-refractivity contribution in [1.82, 2.24) is 9.55 Å². The van der Waals surface area contributed by atoms with Gasteiger partial charge in [0.2, 0.25) is 5.95 Å². The molecule has 0 spiro atoms. The number of nitrogens with zero attached hydrogens (tertiary/aromatic N) is 2. The van der Waals surface area contributed by atoms with Crippen molar-refractivity contribution in [3.05, 3.63) is 71.2 Å². The highest BCUT2D eigenvalue weighted by Crippen LogP contribution is 2.46. The average molecular weight is 651 g/mol. The Bertz CT molecular complexity index is 1670. The standard InChI is InChI=1S/C32H32ClF5N4O3/c1-18-12-21(16-31(2,3)15-18)42-27-11-9-23(44-17-28(43)40-25-13-19(29(34)35)4-10-24(25)33)14-26(27)41-30(42)39-20-5-7-22(8-6-20)45-32(36,37)38/h4-11,13-14,18,21,29H,12,15-17H2,1-3H3,(H,39,41)(H,40,43)/t18-,21+/m1/s1. The van der Waals surface area contributed by atoms with Gasteiger partial charge in [0.1, 0.15) is 11.5 Å². The number of benzene rings is 3. The van der Waals surface area contributed by atoms with E-state index in [9.17, 15) is 26.7 Å². The largest absolute Gasteiger partial charge is 0.573 e. The molecular weight excluding hydrogens is 619 g/mol. The zero-order chi connectivity index (χ0) is 32.5. The molecule has 0 bridgehead atoms.